The monoisotopic (exact) mass is 188 g/mol. The lowest BCUT2D eigenvalue weighted by Crippen LogP contribution is -2.38. The van der Waals surface area contributed by atoms with Crippen LogP contribution in [0.3, 0.4) is 0 Å². The van der Waals surface area contributed by atoms with Gasteiger partial charge in [-0.15, -0.1) is 0 Å². The molecule has 13 heavy (non-hydrogen) atoms. The summed E-state index contributed by atoms with van der Waals surface area (Å²) in [5, 5.41) is 3.16. The normalized spacial score (nSPS) is 11.1. The van der Waals surface area contributed by atoms with Crippen LogP contribution < -0.4 is 16.6 Å². The van der Waals surface area contributed by atoms with Gasteiger partial charge in [0.1, 0.15) is 0 Å². The largest absolute Gasteiger partial charge is 0.318 e. The van der Waals surface area contributed by atoms with Crippen LogP contribution >= 0.6 is 0 Å². The Kier molecular flexibility index (Phi) is 9.80. The van der Waals surface area contributed by atoms with Crippen LogP contribution in [-0.4, -0.2) is 44.7 Å². The van der Waals surface area contributed by atoms with Crippen molar-refractivity contribution in [2.75, 3.05) is 39.8 Å². The Balaban J connectivity index is 3.47. The zero-order valence-corrected chi connectivity index (χ0v) is 8.97. The van der Waals surface area contributed by atoms with E-state index in [9.17, 15) is 0 Å². The molecule has 0 bridgehead atoms. The SMILES string of the molecule is CCCCN(CCNC)CCNN. The number of nitrogens with one attached hydrogen (secondary N) is 2. The fourth-order valence-electron chi connectivity index (χ4n) is 1.21. The van der Waals surface area contributed by atoms with Crippen molar-refractivity contribution in [2.24, 2.45) is 5.84 Å². The second-order valence-corrected chi connectivity index (χ2v) is 3.25. The van der Waals surface area contributed by atoms with Gasteiger partial charge >= 0.3 is 0 Å². The molecule has 0 heterocycles. The summed E-state index contributed by atoms with van der Waals surface area (Å²) in [5.41, 5.74) is 2.69. The van der Waals surface area contributed by atoms with Crippen molar-refractivity contribution in [3.8, 4) is 0 Å². The number of nitrogens with two attached hydrogens (primary N) is 1. The average molecular weight is 188 g/mol. The summed E-state index contributed by atoms with van der Waals surface area (Å²) in [6, 6.07) is 0. The van der Waals surface area contributed by atoms with Crippen LogP contribution in [0.1, 0.15) is 19.8 Å². The quantitative estimate of drug-likeness (QED) is 0.346. The molecule has 0 amide bonds. The van der Waals surface area contributed by atoms with E-state index in [0.29, 0.717) is 0 Å². The van der Waals surface area contributed by atoms with E-state index < -0.39 is 0 Å². The second kappa shape index (κ2) is 9.92. The standard InChI is InChI=1S/C9H24N4/c1-3-4-7-13(8-5-11-2)9-6-12-10/h11-12H,3-10H2,1-2H3. The van der Waals surface area contributed by atoms with E-state index in [4.69, 9.17) is 5.84 Å². The lowest BCUT2D eigenvalue weighted by Gasteiger charge is -2.21. The average Bonchev–Trinajstić information content (AvgIpc) is 2.17. The van der Waals surface area contributed by atoms with E-state index in [1.54, 1.807) is 0 Å². The van der Waals surface area contributed by atoms with Crippen LogP contribution in [0.25, 0.3) is 0 Å². The first-order chi connectivity index (χ1) is 6.35. The van der Waals surface area contributed by atoms with E-state index >= 15 is 0 Å². The van der Waals surface area contributed by atoms with E-state index in [1.807, 2.05) is 7.05 Å². The topological polar surface area (TPSA) is 53.3 Å². The number of hydrogen-bond donors (Lipinski definition) is 3. The molecule has 0 saturated heterocycles. The molecule has 0 aromatic rings. The Morgan fingerprint density at radius 1 is 1.15 bits per heavy atom. The molecule has 0 aromatic heterocycles. The molecule has 0 aliphatic rings. The maximum absolute atomic E-state index is 5.24. The molecule has 4 N–H and O–H groups in total. The van der Waals surface area contributed by atoms with Gasteiger partial charge in [0.25, 0.3) is 0 Å². The highest BCUT2D eigenvalue weighted by Gasteiger charge is 2.01. The Morgan fingerprint density at radius 2 is 1.85 bits per heavy atom. The first-order valence-electron chi connectivity index (χ1n) is 5.15. The molecular formula is C9H24N4. The summed E-state index contributed by atoms with van der Waals surface area (Å²) < 4.78 is 0. The zero-order chi connectivity index (χ0) is 9.94. The smallest absolute Gasteiger partial charge is 0.0225 e. The number of likely N-dealkylation sites (N-methyl/N-ethyl adjacent to an activating group) is 1. The molecule has 80 valence electrons. The highest BCUT2D eigenvalue weighted by molar-refractivity contribution is 4.59. The third kappa shape index (κ3) is 8.18. The van der Waals surface area contributed by atoms with Gasteiger partial charge in [-0.1, -0.05) is 13.3 Å². The van der Waals surface area contributed by atoms with E-state index in [2.05, 4.69) is 22.6 Å². The van der Waals surface area contributed by atoms with Gasteiger partial charge < -0.3 is 10.2 Å². The number of hydrazine groups is 1. The highest BCUT2D eigenvalue weighted by atomic mass is 15.2. The molecule has 0 spiro atoms. The maximum Gasteiger partial charge on any atom is 0.0225 e. The van der Waals surface area contributed by atoms with Gasteiger partial charge in [0.15, 0.2) is 0 Å². The molecule has 0 rings (SSSR count). The number of nitrogens with zero attached hydrogens (tertiary/aromatic N) is 1. The van der Waals surface area contributed by atoms with Gasteiger partial charge in [0, 0.05) is 26.2 Å². The number of unbranched alkanes of at least 4 members (excludes halogenated alkanes) is 1. The van der Waals surface area contributed by atoms with Crippen molar-refractivity contribution in [1.82, 2.24) is 15.6 Å². The number of hydrogen-bond acceptors (Lipinski definition) is 4. The summed E-state index contributed by atoms with van der Waals surface area (Å²) in [6.07, 6.45) is 2.53. The van der Waals surface area contributed by atoms with Crippen molar-refractivity contribution in [2.45, 2.75) is 19.8 Å². The van der Waals surface area contributed by atoms with Gasteiger partial charge in [0.2, 0.25) is 0 Å². The second-order valence-electron chi connectivity index (χ2n) is 3.25. The first-order valence-corrected chi connectivity index (χ1v) is 5.15. The van der Waals surface area contributed by atoms with Gasteiger partial charge in [-0.3, -0.25) is 11.3 Å². The minimum atomic E-state index is 0.868. The van der Waals surface area contributed by atoms with Crippen LogP contribution in [0.5, 0.6) is 0 Å². The van der Waals surface area contributed by atoms with Gasteiger partial charge in [0.05, 0.1) is 0 Å². The molecule has 0 saturated carbocycles. The predicted molar refractivity (Wildman–Crippen MR) is 57.5 cm³/mol. The highest BCUT2D eigenvalue weighted by Crippen LogP contribution is 1.93. The van der Waals surface area contributed by atoms with Gasteiger partial charge in [-0.25, -0.2) is 0 Å². The van der Waals surface area contributed by atoms with Crippen LogP contribution in [0.4, 0.5) is 0 Å². The Bertz CT molecular complexity index is 78.6. The molecule has 0 atom stereocenters. The minimum Gasteiger partial charge on any atom is -0.318 e. The maximum atomic E-state index is 5.24. The van der Waals surface area contributed by atoms with Crippen LogP contribution in [0, 0.1) is 0 Å². The van der Waals surface area contributed by atoms with Crippen molar-refractivity contribution < 1.29 is 0 Å². The molecular weight excluding hydrogens is 164 g/mol. The third-order valence-electron chi connectivity index (χ3n) is 2.08. The molecule has 0 aliphatic heterocycles. The fourth-order valence-corrected chi connectivity index (χ4v) is 1.21. The van der Waals surface area contributed by atoms with Crippen molar-refractivity contribution in [1.29, 1.82) is 0 Å². The lowest BCUT2D eigenvalue weighted by atomic mass is 10.3. The van der Waals surface area contributed by atoms with Gasteiger partial charge in [-0.05, 0) is 20.0 Å². The molecule has 0 unspecified atom stereocenters. The van der Waals surface area contributed by atoms with Crippen molar-refractivity contribution in [3.63, 3.8) is 0 Å². The van der Waals surface area contributed by atoms with E-state index in [1.165, 1.54) is 19.4 Å². The number of rotatable bonds is 9. The zero-order valence-electron chi connectivity index (χ0n) is 8.97. The minimum absolute atomic E-state index is 0.868. The van der Waals surface area contributed by atoms with Crippen LogP contribution in [0.2, 0.25) is 0 Å². The fraction of sp³-hybridized carbons (Fsp3) is 1.00. The Morgan fingerprint density at radius 3 is 2.38 bits per heavy atom. The molecule has 0 aliphatic carbocycles. The first kappa shape index (κ1) is 12.8. The predicted octanol–water partition coefficient (Wildman–Crippen LogP) is -0.229. The molecule has 4 nitrogen and oxygen atoms in total. The summed E-state index contributed by atoms with van der Waals surface area (Å²) in [7, 11) is 1.99. The Labute approximate surface area is 81.8 Å². The lowest BCUT2D eigenvalue weighted by molar-refractivity contribution is 0.271. The molecule has 4 heteroatoms. The van der Waals surface area contributed by atoms with Gasteiger partial charge in [-0.2, -0.15) is 0 Å². The molecule has 0 fully saturated rings. The summed E-state index contributed by atoms with van der Waals surface area (Å²) in [6.45, 7) is 7.47. The van der Waals surface area contributed by atoms with Crippen LogP contribution in [-0.2, 0) is 0 Å². The van der Waals surface area contributed by atoms with E-state index in [0.717, 1.165) is 26.2 Å². The van der Waals surface area contributed by atoms with E-state index in [-0.39, 0.29) is 0 Å². The molecule has 0 aromatic carbocycles. The van der Waals surface area contributed by atoms with Crippen LogP contribution in [0.15, 0.2) is 0 Å². The van der Waals surface area contributed by atoms with Crippen molar-refractivity contribution in [3.05, 3.63) is 0 Å². The Hall–Kier alpha value is -0.160. The third-order valence-corrected chi connectivity index (χ3v) is 2.08. The molecule has 0 radical (unpaired) electrons. The summed E-state index contributed by atoms with van der Waals surface area (Å²) in [4.78, 5) is 2.43. The summed E-state index contributed by atoms with van der Waals surface area (Å²) in [5.74, 6) is 5.24. The summed E-state index contributed by atoms with van der Waals surface area (Å²) >= 11 is 0. The van der Waals surface area contributed by atoms with Crippen molar-refractivity contribution >= 4 is 0 Å².